The van der Waals surface area contributed by atoms with Gasteiger partial charge in [0.25, 0.3) is 0 Å². The lowest BCUT2D eigenvalue weighted by atomic mass is 10.2. The summed E-state index contributed by atoms with van der Waals surface area (Å²) >= 11 is 0. The van der Waals surface area contributed by atoms with E-state index in [1.807, 2.05) is 0 Å². The van der Waals surface area contributed by atoms with Crippen molar-refractivity contribution in [1.29, 1.82) is 0 Å². The third-order valence-electron chi connectivity index (χ3n) is 2.08. The smallest absolute Gasteiger partial charge is 0.150 e. The molecule has 1 aromatic heterocycles. The zero-order valence-electron chi connectivity index (χ0n) is 7.67. The number of nitrogens with zero attached hydrogens (tertiary/aromatic N) is 1. The van der Waals surface area contributed by atoms with Gasteiger partial charge in [-0.25, -0.2) is 8.78 Å². The van der Waals surface area contributed by atoms with Gasteiger partial charge in [0.15, 0.2) is 0 Å². The summed E-state index contributed by atoms with van der Waals surface area (Å²) in [6.07, 6.45) is 3.45. The zero-order chi connectivity index (χ0) is 10.1. The van der Waals surface area contributed by atoms with Crippen molar-refractivity contribution in [3.63, 3.8) is 0 Å². The Bertz CT molecular complexity index is 423. The van der Waals surface area contributed by atoms with Crippen LogP contribution >= 0.6 is 0 Å². The van der Waals surface area contributed by atoms with E-state index in [1.54, 1.807) is 36.0 Å². The number of hydrogen-bond acceptors (Lipinski definition) is 0. The largest absolute Gasteiger partial charge is 0.321 e. The van der Waals surface area contributed by atoms with Gasteiger partial charge in [-0.15, -0.1) is 0 Å². The summed E-state index contributed by atoms with van der Waals surface area (Å²) in [5.74, 6) is -1.09. The first-order valence-electron chi connectivity index (χ1n) is 4.27. The number of rotatable bonds is 1. The van der Waals surface area contributed by atoms with Crippen molar-refractivity contribution in [2.24, 2.45) is 0 Å². The highest BCUT2D eigenvalue weighted by Crippen LogP contribution is 2.19. The maximum atomic E-state index is 13.4. The van der Waals surface area contributed by atoms with E-state index in [4.69, 9.17) is 0 Å². The van der Waals surface area contributed by atoms with E-state index in [9.17, 15) is 8.78 Å². The van der Waals surface area contributed by atoms with Crippen LogP contribution in [0.25, 0.3) is 5.69 Å². The fourth-order valence-corrected chi connectivity index (χ4v) is 1.51. The van der Waals surface area contributed by atoms with Crippen LogP contribution in [-0.4, -0.2) is 4.57 Å². The minimum atomic E-state index is -0.545. The molecule has 0 saturated carbocycles. The molecule has 0 atom stereocenters. The van der Waals surface area contributed by atoms with E-state index in [0.29, 0.717) is 11.3 Å². The van der Waals surface area contributed by atoms with Gasteiger partial charge in [-0.05, 0) is 30.7 Å². The lowest BCUT2D eigenvalue weighted by Crippen LogP contribution is -1.98. The van der Waals surface area contributed by atoms with Crippen LogP contribution in [-0.2, 0) is 0 Å². The second-order valence-electron chi connectivity index (χ2n) is 3.14. The van der Waals surface area contributed by atoms with Crippen LogP contribution < -0.4 is 0 Å². The van der Waals surface area contributed by atoms with Gasteiger partial charge in [-0.1, -0.05) is 0 Å². The van der Waals surface area contributed by atoms with Gasteiger partial charge in [-0.3, -0.25) is 0 Å². The minimum Gasteiger partial charge on any atom is -0.321 e. The first kappa shape index (κ1) is 8.94. The van der Waals surface area contributed by atoms with Crippen LogP contribution in [0.15, 0.2) is 36.7 Å². The fraction of sp³-hybridized carbons (Fsp3) is 0.0909. The molecule has 0 unspecified atom stereocenters. The van der Waals surface area contributed by atoms with Gasteiger partial charge in [0.2, 0.25) is 0 Å². The number of aryl methyl sites for hydroxylation is 1. The average molecular weight is 193 g/mol. The molecule has 0 aliphatic heterocycles. The second-order valence-corrected chi connectivity index (χ2v) is 3.14. The minimum absolute atomic E-state index is 0.399. The summed E-state index contributed by atoms with van der Waals surface area (Å²) in [5.41, 5.74) is 0.982. The Hall–Kier alpha value is -1.64. The molecule has 1 aromatic carbocycles. The maximum Gasteiger partial charge on any atom is 0.150 e. The first-order valence-corrected chi connectivity index (χ1v) is 4.27. The van der Waals surface area contributed by atoms with Crippen molar-refractivity contribution >= 4 is 0 Å². The topological polar surface area (TPSA) is 4.93 Å². The number of benzene rings is 1. The van der Waals surface area contributed by atoms with Crippen molar-refractivity contribution in [2.45, 2.75) is 6.92 Å². The highest BCUT2D eigenvalue weighted by molar-refractivity contribution is 5.42. The molecule has 14 heavy (non-hydrogen) atoms. The van der Waals surface area contributed by atoms with E-state index in [2.05, 4.69) is 0 Å². The van der Waals surface area contributed by atoms with Gasteiger partial charge in [-0.2, -0.15) is 0 Å². The molecule has 0 aliphatic carbocycles. The molecule has 0 spiro atoms. The summed E-state index contributed by atoms with van der Waals surface area (Å²) in [4.78, 5) is 0. The van der Waals surface area contributed by atoms with Gasteiger partial charge in [0.1, 0.15) is 11.6 Å². The summed E-state index contributed by atoms with van der Waals surface area (Å²) in [6.45, 7) is 1.68. The molecule has 0 radical (unpaired) electrons. The first-order chi connectivity index (χ1) is 6.68. The summed E-state index contributed by atoms with van der Waals surface area (Å²) in [6, 6.07) is 5.80. The monoisotopic (exact) mass is 193 g/mol. The Morgan fingerprint density at radius 1 is 1.07 bits per heavy atom. The van der Waals surface area contributed by atoms with Crippen LogP contribution in [0.2, 0.25) is 0 Å². The lowest BCUT2D eigenvalue weighted by Gasteiger charge is -2.08. The average Bonchev–Trinajstić information content (AvgIpc) is 2.54. The highest BCUT2D eigenvalue weighted by atomic mass is 19.1. The molecule has 1 heterocycles. The predicted octanol–water partition coefficient (Wildman–Crippen LogP) is 3.06. The molecular formula is C11H9F2N. The molecule has 3 heteroatoms. The molecule has 2 aromatic rings. The standard InChI is InChI=1S/C11H9F2N/c1-8-6-9(12)7-10(13)11(8)14-4-2-3-5-14/h2-7H,1H3. The molecule has 72 valence electrons. The van der Waals surface area contributed by atoms with Crippen molar-refractivity contribution in [3.05, 3.63) is 53.9 Å². The molecule has 0 aliphatic rings. The van der Waals surface area contributed by atoms with E-state index < -0.39 is 11.6 Å². The molecule has 1 nitrogen and oxygen atoms in total. The Kier molecular flexibility index (Phi) is 2.08. The SMILES string of the molecule is Cc1cc(F)cc(F)c1-n1cccc1. The highest BCUT2D eigenvalue weighted by Gasteiger charge is 2.08. The normalized spacial score (nSPS) is 10.5. The Labute approximate surface area is 80.6 Å². The van der Waals surface area contributed by atoms with E-state index >= 15 is 0 Å². The van der Waals surface area contributed by atoms with E-state index in [-0.39, 0.29) is 0 Å². The van der Waals surface area contributed by atoms with Gasteiger partial charge < -0.3 is 4.57 Å². The summed E-state index contributed by atoms with van der Waals surface area (Å²) in [7, 11) is 0. The molecule has 0 fully saturated rings. The number of aromatic nitrogens is 1. The van der Waals surface area contributed by atoms with Crippen LogP contribution in [0.3, 0.4) is 0 Å². The fourth-order valence-electron chi connectivity index (χ4n) is 1.51. The van der Waals surface area contributed by atoms with E-state index in [0.717, 1.165) is 6.07 Å². The quantitative estimate of drug-likeness (QED) is 0.656. The van der Waals surface area contributed by atoms with E-state index in [1.165, 1.54) is 6.07 Å². The van der Waals surface area contributed by atoms with Gasteiger partial charge in [0.05, 0.1) is 5.69 Å². The van der Waals surface area contributed by atoms with Gasteiger partial charge >= 0.3 is 0 Å². The van der Waals surface area contributed by atoms with Crippen LogP contribution in [0, 0.1) is 18.6 Å². The Balaban J connectivity index is 2.64. The van der Waals surface area contributed by atoms with Crippen molar-refractivity contribution in [1.82, 2.24) is 4.57 Å². The zero-order valence-corrected chi connectivity index (χ0v) is 7.67. The number of hydrogen-bond donors (Lipinski definition) is 0. The molecule has 0 N–H and O–H groups in total. The van der Waals surface area contributed by atoms with Crippen molar-refractivity contribution < 1.29 is 8.78 Å². The molecule has 0 saturated heterocycles. The van der Waals surface area contributed by atoms with Crippen LogP contribution in [0.5, 0.6) is 0 Å². The van der Waals surface area contributed by atoms with Crippen molar-refractivity contribution in [3.8, 4) is 5.69 Å². The Morgan fingerprint density at radius 3 is 2.29 bits per heavy atom. The third kappa shape index (κ3) is 1.41. The predicted molar refractivity (Wildman–Crippen MR) is 50.4 cm³/mol. The maximum absolute atomic E-state index is 13.4. The summed E-state index contributed by atoms with van der Waals surface area (Å²) in [5, 5.41) is 0. The number of halogens is 2. The summed E-state index contributed by atoms with van der Waals surface area (Å²) < 4.78 is 27.8. The molecular weight excluding hydrogens is 184 g/mol. The van der Waals surface area contributed by atoms with Gasteiger partial charge in [0, 0.05) is 18.5 Å². The lowest BCUT2D eigenvalue weighted by molar-refractivity contribution is 0.575. The Morgan fingerprint density at radius 2 is 1.71 bits per heavy atom. The second kappa shape index (κ2) is 3.25. The molecule has 0 bridgehead atoms. The van der Waals surface area contributed by atoms with Crippen LogP contribution in [0.1, 0.15) is 5.56 Å². The van der Waals surface area contributed by atoms with Crippen molar-refractivity contribution in [2.75, 3.05) is 0 Å². The third-order valence-corrected chi connectivity index (χ3v) is 2.08. The van der Waals surface area contributed by atoms with Crippen LogP contribution in [0.4, 0.5) is 8.78 Å². The molecule has 0 amide bonds. The molecule has 2 rings (SSSR count).